The molecule has 3 aliphatic rings. The molecule has 2 heterocycles. The van der Waals surface area contributed by atoms with Crippen molar-refractivity contribution >= 4 is 22.7 Å². The summed E-state index contributed by atoms with van der Waals surface area (Å²) >= 11 is 0. The van der Waals surface area contributed by atoms with Crippen LogP contribution in [-0.4, -0.2) is 33.8 Å². The van der Waals surface area contributed by atoms with E-state index in [0.717, 1.165) is 42.1 Å². The summed E-state index contributed by atoms with van der Waals surface area (Å²) in [6.07, 6.45) is 10.2. The van der Waals surface area contributed by atoms with Crippen LogP contribution in [0.25, 0.3) is 10.9 Å². The minimum absolute atomic E-state index is 0.00238. The van der Waals surface area contributed by atoms with Crippen LogP contribution in [0.3, 0.4) is 0 Å². The molecule has 0 unspecified atom stereocenters. The fraction of sp³-hybridized carbons (Fsp3) is 0.522. The monoisotopic (exact) mass is 377 g/mol. The third-order valence-corrected chi connectivity index (χ3v) is 6.72. The number of fused-ring (bicyclic) bond motifs is 2. The Bertz CT molecular complexity index is 927. The number of aromatic nitrogens is 1. The first kappa shape index (κ1) is 17.7. The number of hydrogen-bond donors (Lipinski definition) is 1. The maximum Gasteiger partial charge on any atom is 0.273 e. The molecule has 2 fully saturated rings. The number of nitrogens with zero attached hydrogens (tertiary/aromatic N) is 2. The lowest BCUT2D eigenvalue weighted by molar-refractivity contribution is 0.0655. The fourth-order valence-electron chi connectivity index (χ4n) is 5.24. The Morgan fingerprint density at radius 1 is 1.00 bits per heavy atom. The number of carbonyl (C=O) groups excluding carboxylic acids is 2. The number of rotatable bonds is 3. The summed E-state index contributed by atoms with van der Waals surface area (Å²) in [6, 6.07) is 8.25. The quantitative estimate of drug-likeness (QED) is 0.872. The van der Waals surface area contributed by atoms with Gasteiger partial charge in [0, 0.05) is 29.6 Å². The van der Waals surface area contributed by atoms with Crippen molar-refractivity contribution in [3.8, 4) is 0 Å². The number of benzene rings is 1. The second-order valence-electron chi connectivity index (χ2n) is 8.51. The van der Waals surface area contributed by atoms with E-state index in [1.165, 1.54) is 32.1 Å². The van der Waals surface area contributed by atoms with Gasteiger partial charge in [0.15, 0.2) is 0 Å². The van der Waals surface area contributed by atoms with Crippen LogP contribution in [0.1, 0.15) is 84.2 Å². The molecule has 5 rings (SSSR count). The summed E-state index contributed by atoms with van der Waals surface area (Å²) in [5.41, 5.74) is 2.71. The minimum atomic E-state index is -0.0416. The van der Waals surface area contributed by atoms with Gasteiger partial charge >= 0.3 is 0 Å². The van der Waals surface area contributed by atoms with E-state index in [9.17, 15) is 9.59 Å². The Morgan fingerprint density at radius 3 is 2.50 bits per heavy atom. The molecule has 2 saturated carbocycles. The molecule has 0 radical (unpaired) electrons. The normalized spacial score (nSPS) is 20.7. The van der Waals surface area contributed by atoms with Crippen LogP contribution in [0.2, 0.25) is 0 Å². The predicted molar refractivity (Wildman–Crippen MR) is 108 cm³/mol. The average molecular weight is 377 g/mol. The minimum Gasteiger partial charge on any atom is -0.349 e. The smallest absolute Gasteiger partial charge is 0.273 e. The molecule has 2 amide bonds. The highest BCUT2D eigenvalue weighted by Crippen LogP contribution is 2.34. The molecule has 5 nitrogen and oxygen atoms in total. The van der Waals surface area contributed by atoms with Crippen molar-refractivity contribution in [2.24, 2.45) is 0 Å². The number of nitrogens with one attached hydrogen (secondary N) is 1. The Kier molecular flexibility index (Phi) is 4.53. The van der Waals surface area contributed by atoms with Crippen LogP contribution in [0.15, 0.2) is 24.3 Å². The van der Waals surface area contributed by atoms with Gasteiger partial charge in [0.2, 0.25) is 0 Å². The first-order valence-corrected chi connectivity index (χ1v) is 10.8. The van der Waals surface area contributed by atoms with Gasteiger partial charge in [-0.3, -0.25) is 9.59 Å². The van der Waals surface area contributed by atoms with Gasteiger partial charge in [-0.2, -0.15) is 0 Å². The molecule has 28 heavy (non-hydrogen) atoms. The van der Waals surface area contributed by atoms with E-state index in [-0.39, 0.29) is 23.9 Å². The second kappa shape index (κ2) is 7.19. The van der Waals surface area contributed by atoms with Crippen molar-refractivity contribution in [3.63, 3.8) is 0 Å². The number of amides is 2. The number of carbonyl (C=O) groups is 2. The number of para-hydroxylation sites is 1. The fourth-order valence-corrected chi connectivity index (χ4v) is 5.24. The van der Waals surface area contributed by atoms with E-state index in [4.69, 9.17) is 0 Å². The molecule has 0 saturated heterocycles. The summed E-state index contributed by atoms with van der Waals surface area (Å²) in [4.78, 5) is 33.1. The van der Waals surface area contributed by atoms with Gasteiger partial charge < -0.3 is 10.2 Å². The zero-order valence-electron chi connectivity index (χ0n) is 16.2. The van der Waals surface area contributed by atoms with Crippen molar-refractivity contribution in [2.45, 2.75) is 76.4 Å². The zero-order valence-corrected chi connectivity index (χ0v) is 16.2. The molecule has 0 spiro atoms. The average Bonchev–Trinajstić information content (AvgIpc) is 3.35. The summed E-state index contributed by atoms with van der Waals surface area (Å²) in [7, 11) is 0. The Labute approximate surface area is 165 Å². The third-order valence-electron chi connectivity index (χ3n) is 6.72. The molecule has 1 aliphatic heterocycles. The number of hydrogen-bond acceptors (Lipinski definition) is 3. The van der Waals surface area contributed by atoms with Crippen LogP contribution in [0, 0.1) is 0 Å². The van der Waals surface area contributed by atoms with Gasteiger partial charge in [-0.25, -0.2) is 4.98 Å². The maximum atomic E-state index is 13.3. The van der Waals surface area contributed by atoms with Gasteiger partial charge in [-0.05, 0) is 31.7 Å². The lowest BCUT2D eigenvalue weighted by Crippen LogP contribution is -2.37. The lowest BCUT2D eigenvalue weighted by Gasteiger charge is -2.30. The highest BCUT2D eigenvalue weighted by Gasteiger charge is 2.38. The first-order valence-electron chi connectivity index (χ1n) is 10.8. The standard InChI is InChI=1S/C23H27N3O2/c27-22(24-15-8-4-5-9-15)20-17-12-6-7-13-19(17)25-21-18(20)14-26(23(21)28)16-10-2-1-3-11-16/h6-7,12-13,15-16H,1-5,8-11,14H2,(H,24,27). The van der Waals surface area contributed by atoms with Crippen LogP contribution >= 0.6 is 0 Å². The Balaban J connectivity index is 1.56. The largest absolute Gasteiger partial charge is 0.349 e. The molecule has 2 aliphatic carbocycles. The van der Waals surface area contributed by atoms with Crippen molar-refractivity contribution in [2.75, 3.05) is 0 Å². The van der Waals surface area contributed by atoms with Crippen LogP contribution in [0.5, 0.6) is 0 Å². The molecule has 146 valence electrons. The molecule has 2 aromatic rings. The van der Waals surface area contributed by atoms with Crippen molar-refractivity contribution in [1.82, 2.24) is 15.2 Å². The molecule has 0 atom stereocenters. The number of pyridine rings is 1. The molecule has 5 heteroatoms. The summed E-state index contributed by atoms with van der Waals surface area (Å²) in [6.45, 7) is 0.518. The van der Waals surface area contributed by atoms with Gasteiger partial charge in [-0.1, -0.05) is 50.3 Å². The van der Waals surface area contributed by atoms with E-state index < -0.39 is 0 Å². The zero-order chi connectivity index (χ0) is 19.1. The van der Waals surface area contributed by atoms with Crippen molar-refractivity contribution in [3.05, 3.63) is 41.1 Å². The van der Waals surface area contributed by atoms with Crippen molar-refractivity contribution < 1.29 is 9.59 Å². The summed E-state index contributed by atoms with van der Waals surface area (Å²) in [5, 5.41) is 4.09. The van der Waals surface area contributed by atoms with E-state index >= 15 is 0 Å². The third kappa shape index (κ3) is 2.97. The van der Waals surface area contributed by atoms with Crippen LogP contribution in [0.4, 0.5) is 0 Å². The molecule has 1 aromatic heterocycles. The van der Waals surface area contributed by atoms with Gasteiger partial charge in [0.05, 0.1) is 11.1 Å². The summed E-state index contributed by atoms with van der Waals surface area (Å²) in [5.74, 6) is -0.0392. The Hall–Kier alpha value is -2.43. The Morgan fingerprint density at radius 2 is 1.71 bits per heavy atom. The molecular formula is C23H27N3O2. The lowest BCUT2D eigenvalue weighted by atomic mass is 9.94. The molecule has 1 N–H and O–H groups in total. The SMILES string of the molecule is O=C(NC1CCCC1)c1c2c(nc3ccccc13)C(=O)N(C1CCCCC1)C2. The summed E-state index contributed by atoms with van der Waals surface area (Å²) < 4.78 is 0. The highest BCUT2D eigenvalue weighted by molar-refractivity contribution is 6.11. The van der Waals surface area contributed by atoms with E-state index in [0.29, 0.717) is 17.8 Å². The van der Waals surface area contributed by atoms with E-state index in [1.807, 2.05) is 29.2 Å². The van der Waals surface area contributed by atoms with E-state index in [1.54, 1.807) is 0 Å². The highest BCUT2D eigenvalue weighted by atomic mass is 16.2. The van der Waals surface area contributed by atoms with Gasteiger partial charge in [0.25, 0.3) is 11.8 Å². The van der Waals surface area contributed by atoms with Gasteiger partial charge in [0.1, 0.15) is 5.69 Å². The van der Waals surface area contributed by atoms with Crippen LogP contribution < -0.4 is 5.32 Å². The molecule has 1 aromatic carbocycles. The molecule has 0 bridgehead atoms. The van der Waals surface area contributed by atoms with Gasteiger partial charge in [-0.15, -0.1) is 0 Å². The topological polar surface area (TPSA) is 62.3 Å². The first-order chi connectivity index (χ1) is 13.7. The second-order valence-corrected chi connectivity index (χ2v) is 8.51. The van der Waals surface area contributed by atoms with Crippen LogP contribution in [-0.2, 0) is 6.54 Å². The molecular weight excluding hydrogens is 350 g/mol. The van der Waals surface area contributed by atoms with Crippen molar-refractivity contribution in [1.29, 1.82) is 0 Å². The maximum absolute atomic E-state index is 13.3. The van der Waals surface area contributed by atoms with E-state index in [2.05, 4.69) is 10.3 Å². The predicted octanol–water partition coefficient (Wildman–Crippen LogP) is 4.20.